The van der Waals surface area contributed by atoms with Gasteiger partial charge in [0.25, 0.3) is 5.56 Å². The largest absolute Gasteiger partial charge is 0.493 e. The first-order valence-corrected chi connectivity index (χ1v) is 9.66. The minimum absolute atomic E-state index is 0. The second-order valence-corrected chi connectivity index (χ2v) is 7.12. The predicted molar refractivity (Wildman–Crippen MR) is 114 cm³/mol. The first kappa shape index (κ1) is 23.0. The summed E-state index contributed by atoms with van der Waals surface area (Å²) in [5, 5.41) is 0.412. The van der Waals surface area contributed by atoms with Gasteiger partial charge in [-0.1, -0.05) is 6.42 Å². The molecule has 0 bridgehead atoms. The third kappa shape index (κ3) is 4.64. The van der Waals surface area contributed by atoms with Crippen molar-refractivity contribution in [2.24, 2.45) is 17.6 Å². The number of carbonyl (C=O) groups is 1. The molecule has 1 aromatic heterocycles. The molecule has 1 aromatic carbocycles. The third-order valence-electron chi connectivity index (χ3n) is 5.57. The SMILES string of the molecule is CCN(Cc1nc2cc(OC)c(OC)cc2c(=O)[nH]1)C(=O)[C@@H]1CCC[C@@H]1CN.Cl. The van der Waals surface area contributed by atoms with Crippen LogP contribution in [0, 0.1) is 11.8 Å². The van der Waals surface area contributed by atoms with Crippen molar-refractivity contribution < 1.29 is 14.3 Å². The van der Waals surface area contributed by atoms with Crippen LogP contribution in [0.15, 0.2) is 16.9 Å². The van der Waals surface area contributed by atoms with E-state index in [0.717, 1.165) is 19.3 Å². The molecule has 1 heterocycles. The van der Waals surface area contributed by atoms with E-state index in [1.807, 2.05) is 6.92 Å². The molecule has 1 fully saturated rings. The highest BCUT2D eigenvalue weighted by Gasteiger charge is 2.34. The summed E-state index contributed by atoms with van der Waals surface area (Å²) in [6, 6.07) is 3.28. The minimum Gasteiger partial charge on any atom is -0.493 e. The Bertz CT molecular complexity index is 917. The zero-order valence-electron chi connectivity index (χ0n) is 17.1. The monoisotopic (exact) mass is 424 g/mol. The van der Waals surface area contributed by atoms with Gasteiger partial charge in [0.2, 0.25) is 5.91 Å². The van der Waals surface area contributed by atoms with Crippen molar-refractivity contribution in [1.82, 2.24) is 14.9 Å². The normalized spacial score (nSPS) is 18.3. The van der Waals surface area contributed by atoms with Crippen molar-refractivity contribution in [2.75, 3.05) is 27.3 Å². The average molecular weight is 425 g/mol. The first-order valence-electron chi connectivity index (χ1n) is 9.66. The highest BCUT2D eigenvalue weighted by atomic mass is 35.5. The number of ether oxygens (including phenoxy) is 2. The number of hydrogen-bond acceptors (Lipinski definition) is 6. The van der Waals surface area contributed by atoms with Crippen LogP contribution in [0.3, 0.4) is 0 Å². The molecule has 2 atom stereocenters. The Morgan fingerprint density at radius 2 is 1.97 bits per heavy atom. The Balaban J connectivity index is 0.00000300. The lowest BCUT2D eigenvalue weighted by Gasteiger charge is -2.26. The second kappa shape index (κ2) is 9.93. The maximum absolute atomic E-state index is 13.0. The lowest BCUT2D eigenvalue weighted by Crippen LogP contribution is -2.39. The summed E-state index contributed by atoms with van der Waals surface area (Å²) in [6.45, 7) is 3.25. The number of nitrogens with one attached hydrogen (secondary N) is 1. The van der Waals surface area contributed by atoms with Crippen molar-refractivity contribution >= 4 is 29.2 Å². The first-order chi connectivity index (χ1) is 13.5. The average Bonchev–Trinajstić information content (AvgIpc) is 3.19. The fourth-order valence-corrected chi connectivity index (χ4v) is 3.99. The van der Waals surface area contributed by atoms with Crippen molar-refractivity contribution in [3.05, 3.63) is 28.3 Å². The van der Waals surface area contributed by atoms with E-state index in [4.69, 9.17) is 15.2 Å². The maximum atomic E-state index is 13.0. The summed E-state index contributed by atoms with van der Waals surface area (Å²) in [4.78, 5) is 34.6. The van der Waals surface area contributed by atoms with Gasteiger partial charge < -0.3 is 25.1 Å². The molecule has 160 valence electrons. The van der Waals surface area contributed by atoms with E-state index in [9.17, 15) is 9.59 Å². The smallest absolute Gasteiger partial charge is 0.258 e. The molecule has 1 amide bonds. The van der Waals surface area contributed by atoms with Crippen LogP contribution in [-0.4, -0.2) is 48.1 Å². The van der Waals surface area contributed by atoms with Crippen LogP contribution in [0.1, 0.15) is 32.0 Å². The van der Waals surface area contributed by atoms with Crippen molar-refractivity contribution in [2.45, 2.75) is 32.7 Å². The molecule has 1 saturated carbocycles. The van der Waals surface area contributed by atoms with E-state index in [2.05, 4.69) is 9.97 Å². The lowest BCUT2D eigenvalue weighted by atomic mass is 9.94. The van der Waals surface area contributed by atoms with Gasteiger partial charge in [0.1, 0.15) is 5.82 Å². The quantitative estimate of drug-likeness (QED) is 0.704. The van der Waals surface area contributed by atoms with Gasteiger partial charge in [-0.15, -0.1) is 12.4 Å². The molecule has 0 aliphatic heterocycles. The summed E-state index contributed by atoms with van der Waals surface area (Å²) in [5.41, 5.74) is 6.06. The Kier molecular flexibility index (Phi) is 7.87. The van der Waals surface area contributed by atoms with Crippen LogP contribution in [0.5, 0.6) is 11.5 Å². The number of nitrogens with two attached hydrogens (primary N) is 1. The van der Waals surface area contributed by atoms with E-state index in [1.54, 1.807) is 17.0 Å². The van der Waals surface area contributed by atoms with Crippen LogP contribution in [0.2, 0.25) is 0 Å². The third-order valence-corrected chi connectivity index (χ3v) is 5.57. The fourth-order valence-electron chi connectivity index (χ4n) is 3.99. The predicted octanol–water partition coefficient (Wildman–Crippen LogP) is 2.09. The Labute approximate surface area is 176 Å². The summed E-state index contributed by atoms with van der Waals surface area (Å²) in [7, 11) is 3.05. The Morgan fingerprint density at radius 1 is 1.28 bits per heavy atom. The Hall–Kier alpha value is -2.32. The number of fused-ring (bicyclic) bond motifs is 1. The summed E-state index contributed by atoms with van der Waals surface area (Å²) in [5.74, 6) is 1.70. The van der Waals surface area contributed by atoms with Gasteiger partial charge in [0.05, 0.1) is 31.7 Å². The number of hydrogen-bond donors (Lipinski definition) is 2. The molecule has 29 heavy (non-hydrogen) atoms. The summed E-state index contributed by atoms with van der Waals surface area (Å²) in [6.07, 6.45) is 2.90. The van der Waals surface area contributed by atoms with Crippen LogP contribution < -0.4 is 20.8 Å². The molecule has 0 unspecified atom stereocenters. The van der Waals surface area contributed by atoms with Gasteiger partial charge >= 0.3 is 0 Å². The van der Waals surface area contributed by atoms with Crippen LogP contribution in [-0.2, 0) is 11.3 Å². The van der Waals surface area contributed by atoms with E-state index >= 15 is 0 Å². The van der Waals surface area contributed by atoms with Gasteiger partial charge in [-0.2, -0.15) is 0 Å². The number of benzene rings is 1. The summed E-state index contributed by atoms with van der Waals surface area (Å²) >= 11 is 0. The molecular formula is C20H29ClN4O4. The molecule has 8 nitrogen and oxygen atoms in total. The zero-order valence-corrected chi connectivity index (χ0v) is 17.9. The number of rotatable bonds is 7. The van der Waals surface area contributed by atoms with Crippen molar-refractivity contribution in [3.8, 4) is 11.5 Å². The van der Waals surface area contributed by atoms with Gasteiger partial charge in [-0.3, -0.25) is 9.59 Å². The molecule has 0 saturated heterocycles. The van der Waals surface area contributed by atoms with Crippen LogP contribution in [0.4, 0.5) is 0 Å². The van der Waals surface area contributed by atoms with Crippen molar-refractivity contribution in [1.29, 1.82) is 0 Å². The number of aromatic nitrogens is 2. The number of carbonyl (C=O) groups excluding carboxylic acids is 1. The molecule has 2 aromatic rings. The zero-order chi connectivity index (χ0) is 20.3. The Morgan fingerprint density at radius 3 is 2.59 bits per heavy atom. The van der Waals surface area contributed by atoms with Crippen LogP contribution >= 0.6 is 12.4 Å². The second-order valence-electron chi connectivity index (χ2n) is 7.12. The van der Waals surface area contributed by atoms with E-state index in [0.29, 0.717) is 41.3 Å². The number of methoxy groups -OCH3 is 2. The molecule has 3 rings (SSSR count). The highest BCUT2D eigenvalue weighted by Crippen LogP contribution is 2.33. The summed E-state index contributed by atoms with van der Waals surface area (Å²) < 4.78 is 10.6. The van der Waals surface area contributed by atoms with E-state index in [1.165, 1.54) is 14.2 Å². The van der Waals surface area contributed by atoms with Gasteiger partial charge in [-0.25, -0.2) is 4.98 Å². The number of halogens is 1. The fraction of sp³-hybridized carbons (Fsp3) is 0.550. The number of aromatic amines is 1. The molecule has 1 aliphatic rings. The molecule has 3 N–H and O–H groups in total. The lowest BCUT2D eigenvalue weighted by molar-refractivity contribution is -0.137. The topological polar surface area (TPSA) is 111 Å². The van der Waals surface area contributed by atoms with E-state index in [-0.39, 0.29) is 42.3 Å². The number of H-pyrrole nitrogens is 1. The minimum atomic E-state index is -0.273. The molecule has 0 spiro atoms. The number of nitrogens with zero attached hydrogens (tertiary/aromatic N) is 2. The van der Waals surface area contributed by atoms with Gasteiger partial charge in [0, 0.05) is 18.5 Å². The molecule has 9 heteroatoms. The molecule has 1 aliphatic carbocycles. The van der Waals surface area contributed by atoms with Crippen molar-refractivity contribution in [3.63, 3.8) is 0 Å². The molecule has 0 radical (unpaired) electrons. The van der Waals surface area contributed by atoms with Gasteiger partial charge in [-0.05, 0) is 38.3 Å². The van der Waals surface area contributed by atoms with Gasteiger partial charge in [0.15, 0.2) is 11.5 Å². The maximum Gasteiger partial charge on any atom is 0.258 e. The standard InChI is InChI=1S/C20H28N4O4.ClH/c1-4-24(20(26)13-7-5-6-12(13)10-21)11-18-22-15-9-17(28-3)16(27-2)8-14(15)19(25)23-18;/h8-9,12-13H,4-7,10-11,21H2,1-3H3,(H,22,23,25);1H/t12-,13-;/m1./s1. The van der Waals surface area contributed by atoms with Crippen LogP contribution in [0.25, 0.3) is 10.9 Å². The molecular weight excluding hydrogens is 396 g/mol. The van der Waals surface area contributed by atoms with E-state index < -0.39 is 0 Å². The highest BCUT2D eigenvalue weighted by molar-refractivity contribution is 5.85. The number of amides is 1.